The number of likely N-dealkylation sites (tertiary alicyclic amines) is 2. The van der Waals surface area contributed by atoms with Crippen molar-refractivity contribution in [3.63, 3.8) is 0 Å². The minimum atomic E-state index is 0.354. The van der Waals surface area contributed by atoms with Gasteiger partial charge in [0.2, 0.25) is 5.91 Å². The van der Waals surface area contributed by atoms with Crippen molar-refractivity contribution < 1.29 is 4.79 Å². The molecule has 0 radical (unpaired) electrons. The third-order valence-corrected chi connectivity index (χ3v) is 4.43. The summed E-state index contributed by atoms with van der Waals surface area (Å²) in [5.74, 6) is 1.08. The summed E-state index contributed by atoms with van der Waals surface area (Å²) in [5, 5.41) is 3.24. The van der Waals surface area contributed by atoms with E-state index in [0.717, 1.165) is 38.6 Å². The number of amides is 1. The molecular formula is C15H29N3O. The highest BCUT2D eigenvalue weighted by atomic mass is 16.2. The van der Waals surface area contributed by atoms with Gasteiger partial charge in [0.25, 0.3) is 0 Å². The summed E-state index contributed by atoms with van der Waals surface area (Å²) in [6, 6.07) is 0. The lowest BCUT2D eigenvalue weighted by Gasteiger charge is -2.27. The Kier molecular flexibility index (Phi) is 6.11. The highest BCUT2D eigenvalue weighted by molar-refractivity contribution is 5.78. The molecule has 4 heteroatoms. The molecule has 0 bridgehead atoms. The Hall–Kier alpha value is -0.610. The van der Waals surface area contributed by atoms with Crippen LogP contribution in [0.4, 0.5) is 0 Å². The van der Waals surface area contributed by atoms with Crippen molar-refractivity contribution in [2.75, 3.05) is 46.3 Å². The van der Waals surface area contributed by atoms with Crippen LogP contribution in [0.25, 0.3) is 0 Å². The number of carbonyl (C=O) groups is 1. The number of hydrogen-bond acceptors (Lipinski definition) is 3. The normalized spacial score (nSPS) is 26.2. The van der Waals surface area contributed by atoms with Crippen molar-refractivity contribution in [1.82, 2.24) is 15.1 Å². The van der Waals surface area contributed by atoms with E-state index in [1.54, 1.807) is 0 Å². The van der Waals surface area contributed by atoms with E-state index in [2.05, 4.69) is 15.1 Å². The monoisotopic (exact) mass is 267 g/mol. The number of nitrogens with one attached hydrogen (secondary N) is 1. The Morgan fingerprint density at radius 2 is 1.79 bits per heavy atom. The van der Waals surface area contributed by atoms with E-state index in [0.29, 0.717) is 12.5 Å². The molecule has 0 spiro atoms. The second-order valence-corrected chi connectivity index (χ2v) is 6.10. The predicted octanol–water partition coefficient (Wildman–Crippen LogP) is 1.32. The largest absolute Gasteiger partial charge is 0.342 e. The molecule has 2 heterocycles. The van der Waals surface area contributed by atoms with Gasteiger partial charge in [-0.05, 0) is 45.3 Å². The van der Waals surface area contributed by atoms with Crippen LogP contribution in [-0.2, 0) is 4.79 Å². The zero-order chi connectivity index (χ0) is 13.5. The van der Waals surface area contributed by atoms with Gasteiger partial charge < -0.3 is 10.2 Å². The van der Waals surface area contributed by atoms with Crippen molar-refractivity contribution in [3.05, 3.63) is 0 Å². The van der Waals surface area contributed by atoms with Crippen molar-refractivity contribution in [3.8, 4) is 0 Å². The van der Waals surface area contributed by atoms with Crippen molar-refractivity contribution in [2.45, 2.75) is 38.5 Å². The molecule has 0 aliphatic carbocycles. The summed E-state index contributed by atoms with van der Waals surface area (Å²) >= 11 is 0. The zero-order valence-corrected chi connectivity index (χ0v) is 12.4. The lowest BCUT2D eigenvalue weighted by Crippen LogP contribution is -2.41. The molecule has 1 unspecified atom stereocenters. The second-order valence-electron chi connectivity index (χ2n) is 6.10. The smallest absolute Gasteiger partial charge is 0.236 e. The van der Waals surface area contributed by atoms with Crippen molar-refractivity contribution >= 4 is 5.91 Å². The number of rotatable bonds is 4. The van der Waals surface area contributed by atoms with Crippen LogP contribution in [0.2, 0.25) is 0 Å². The van der Waals surface area contributed by atoms with Crippen LogP contribution in [-0.4, -0.2) is 62.0 Å². The fourth-order valence-electron chi connectivity index (χ4n) is 3.30. The molecule has 0 saturated carbocycles. The van der Waals surface area contributed by atoms with E-state index in [1.165, 1.54) is 38.5 Å². The zero-order valence-electron chi connectivity index (χ0n) is 12.4. The van der Waals surface area contributed by atoms with Crippen LogP contribution >= 0.6 is 0 Å². The Labute approximate surface area is 117 Å². The fourth-order valence-corrected chi connectivity index (χ4v) is 3.30. The van der Waals surface area contributed by atoms with E-state index < -0.39 is 0 Å². The number of carbonyl (C=O) groups excluding carboxylic acids is 1. The lowest BCUT2D eigenvalue weighted by atomic mass is 10.1. The summed E-state index contributed by atoms with van der Waals surface area (Å²) in [6.07, 6.45) is 7.53. The van der Waals surface area contributed by atoms with Gasteiger partial charge in [-0.25, -0.2) is 0 Å². The first-order chi connectivity index (χ1) is 9.29. The minimum Gasteiger partial charge on any atom is -0.342 e. The Morgan fingerprint density at radius 1 is 1.11 bits per heavy atom. The molecule has 4 nitrogen and oxygen atoms in total. The summed E-state index contributed by atoms with van der Waals surface area (Å²) in [4.78, 5) is 16.8. The van der Waals surface area contributed by atoms with E-state index in [4.69, 9.17) is 0 Å². The van der Waals surface area contributed by atoms with Gasteiger partial charge in [0.15, 0.2) is 0 Å². The molecular weight excluding hydrogens is 238 g/mol. The van der Waals surface area contributed by atoms with Gasteiger partial charge in [0.05, 0.1) is 6.54 Å². The molecule has 0 aromatic heterocycles. The predicted molar refractivity (Wildman–Crippen MR) is 78.1 cm³/mol. The van der Waals surface area contributed by atoms with Gasteiger partial charge >= 0.3 is 0 Å². The third-order valence-electron chi connectivity index (χ3n) is 4.43. The van der Waals surface area contributed by atoms with Gasteiger partial charge in [0, 0.05) is 19.6 Å². The quantitative estimate of drug-likeness (QED) is 0.834. The molecule has 19 heavy (non-hydrogen) atoms. The van der Waals surface area contributed by atoms with Gasteiger partial charge in [0.1, 0.15) is 0 Å². The van der Waals surface area contributed by atoms with Gasteiger partial charge in [-0.1, -0.05) is 19.3 Å². The lowest BCUT2D eigenvalue weighted by molar-refractivity contribution is -0.132. The molecule has 1 amide bonds. The number of hydrogen-bond donors (Lipinski definition) is 1. The van der Waals surface area contributed by atoms with Gasteiger partial charge in [-0.3, -0.25) is 9.69 Å². The Balaban J connectivity index is 1.73. The van der Waals surface area contributed by atoms with Gasteiger partial charge in [-0.2, -0.15) is 0 Å². The van der Waals surface area contributed by atoms with E-state index in [1.807, 2.05) is 7.05 Å². The molecule has 0 aromatic rings. The highest BCUT2D eigenvalue weighted by Gasteiger charge is 2.25. The maximum absolute atomic E-state index is 12.4. The SMILES string of the molecule is CNCC1CCN(CC(=O)N2CCCCCCC2)C1. The van der Waals surface area contributed by atoms with Crippen LogP contribution in [0, 0.1) is 5.92 Å². The molecule has 1 atom stereocenters. The first-order valence-corrected chi connectivity index (χ1v) is 7.94. The molecule has 2 aliphatic rings. The van der Waals surface area contributed by atoms with Crippen LogP contribution < -0.4 is 5.32 Å². The van der Waals surface area contributed by atoms with E-state index in [9.17, 15) is 4.79 Å². The van der Waals surface area contributed by atoms with Crippen molar-refractivity contribution in [2.24, 2.45) is 5.92 Å². The molecule has 110 valence electrons. The fraction of sp³-hybridized carbons (Fsp3) is 0.933. The van der Waals surface area contributed by atoms with Crippen LogP contribution in [0.3, 0.4) is 0 Å². The minimum absolute atomic E-state index is 0.354. The average molecular weight is 267 g/mol. The standard InChI is InChI=1S/C15H29N3O/c1-16-11-14-7-10-17(12-14)13-15(19)18-8-5-3-2-4-6-9-18/h14,16H,2-13H2,1H3. The molecule has 0 aromatic carbocycles. The summed E-state index contributed by atoms with van der Waals surface area (Å²) in [6.45, 7) is 5.85. The third kappa shape index (κ3) is 4.77. The molecule has 1 N–H and O–H groups in total. The Bertz CT molecular complexity index is 275. The first-order valence-electron chi connectivity index (χ1n) is 7.94. The number of nitrogens with zero attached hydrogens (tertiary/aromatic N) is 2. The topological polar surface area (TPSA) is 35.6 Å². The summed E-state index contributed by atoms with van der Waals surface area (Å²) < 4.78 is 0. The highest BCUT2D eigenvalue weighted by Crippen LogP contribution is 2.16. The first kappa shape index (κ1) is 14.8. The molecule has 2 saturated heterocycles. The summed E-state index contributed by atoms with van der Waals surface area (Å²) in [5.41, 5.74) is 0. The molecule has 2 fully saturated rings. The van der Waals surface area contributed by atoms with Crippen LogP contribution in [0.15, 0.2) is 0 Å². The van der Waals surface area contributed by atoms with Crippen molar-refractivity contribution in [1.29, 1.82) is 0 Å². The van der Waals surface area contributed by atoms with Crippen LogP contribution in [0.5, 0.6) is 0 Å². The maximum Gasteiger partial charge on any atom is 0.236 e. The maximum atomic E-state index is 12.4. The second kappa shape index (κ2) is 7.85. The average Bonchev–Trinajstić information content (AvgIpc) is 2.76. The molecule has 2 rings (SSSR count). The Morgan fingerprint density at radius 3 is 2.47 bits per heavy atom. The van der Waals surface area contributed by atoms with E-state index in [-0.39, 0.29) is 0 Å². The molecule has 2 aliphatic heterocycles. The summed E-state index contributed by atoms with van der Waals surface area (Å²) in [7, 11) is 2.01. The van der Waals surface area contributed by atoms with Crippen LogP contribution in [0.1, 0.15) is 38.5 Å². The van der Waals surface area contributed by atoms with Gasteiger partial charge in [-0.15, -0.1) is 0 Å². The van der Waals surface area contributed by atoms with E-state index >= 15 is 0 Å².